The molecule has 1 aromatic rings. The van der Waals surface area contributed by atoms with Crippen LogP contribution in [0.4, 0.5) is 10.7 Å². The monoisotopic (exact) mass is 313 g/mol. The average Bonchev–Trinajstić information content (AvgIpc) is 2.79. The summed E-state index contributed by atoms with van der Waals surface area (Å²) < 4.78 is 15.2. The van der Waals surface area contributed by atoms with Gasteiger partial charge < -0.3 is 25.3 Å². The Morgan fingerprint density at radius 1 is 1.52 bits per heavy atom. The molecule has 1 heterocycles. The Balaban J connectivity index is 2.95. The van der Waals surface area contributed by atoms with Gasteiger partial charge in [0.1, 0.15) is 21.5 Å². The number of nitrogens with zero attached hydrogens (tertiary/aromatic N) is 1. The van der Waals surface area contributed by atoms with E-state index in [1.807, 2.05) is 6.07 Å². The minimum absolute atomic E-state index is 0.143. The van der Waals surface area contributed by atoms with Gasteiger partial charge in [0, 0.05) is 20.8 Å². The standard InChI is InChI=1S/C13H19N3O4S/c1-4-20-13(17)10-11(15)9(5-14)21-12(10)16-6-8(19-3)7-18-2/h8,16H,4,6-7,15H2,1-3H3. The fourth-order valence-corrected chi connectivity index (χ4v) is 2.57. The van der Waals surface area contributed by atoms with Crippen molar-refractivity contribution >= 4 is 28.0 Å². The number of esters is 1. The summed E-state index contributed by atoms with van der Waals surface area (Å²) in [4.78, 5) is 12.2. The number of nitrogen functional groups attached to an aromatic ring is 1. The van der Waals surface area contributed by atoms with Crippen molar-refractivity contribution in [3.63, 3.8) is 0 Å². The van der Waals surface area contributed by atoms with Gasteiger partial charge in [0.15, 0.2) is 0 Å². The van der Waals surface area contributed by atoms with Gasteiger partial charge in [-0.3, -0.25) is 0 Å². The summed E-state index contributed by atoms with van der Waals surface area (Å²) >= 11 is 1.12. The summed E-state index contributed by atoms with van der Waals surface area (Å²) in [5.74, 6) is -0.545. The topological polar surface area (TPSA) is 107 Å². The van der Waals surface area contributed by atoms with Crippen molar-refractivity contribution in [3.8, 4) is 6.07 Å². The molecule has 0 bridgehead atoms. The number of ether oxygens (including phenoxy) is 3. The molecule has 0 radical (unpaired) electrons. The second kappa shape index (κ2) is 8.46. The number of hydrogen-bond donors (Lipinski definition) is 2. The molecule has 1 unspecified atom stereocenters. The molecule has 1 aromatic heterocycles. The lowest BCUT2D eigenvalue weighted by molar-refractivity contribution is 0.0365. The largest absolute Gasteiger partial charge is 0.462 e. The number of nitriles is 1. The van der Waals surface area contributed by atoms with Crippen LogP contribution in [0.25, 0.3) is 0 Å². The Bertz CT molecular complexity index is 524. The van der Waals surface area contributed by atoms with Crippen LogP contribution >= 0.6 is 11.3 Å². The van der Waals surface area contributed by atoms with E-state index in [9.17, 15) is 4.79 Å². The fourth-order valence-electron chi connectivity index (χ4n) is 1.66. The van der Waals surface area contributed by atoms with Gasteiger partial charge >= 0.3 is 5.97 Å². The number of anilines is 2. The van der Waals surface area contributed by atoms with E-state index in [0.717, 1.165) is 11.3 Å². The SMILES string of the molecule is CCOC(=O)c1c(NCC(COC)OC)sc(C#N)c1N. The van der Waals surface area contributed by atoms with Gasteiger partial charge in [0.2, 0.25) is 0 Å². The van der Waals surface area contributed by atoms with E-state index < -0.39 is 5.97 Å². The van der Waals surface area contributed by atoms with Gasteiger partial charge in [0.25, 0.3) is 0 Å². The first-order chi connectivity index (χ1) is 10.1. The summed E-state index contributed by atoms with van der Waals surface area (Å²) in [6.45, 7) is 2.77. The lowest BCUT2D eigenvalue weighted by atomic mass is 10.2. The summed E-state index contributed by atoms with van der Waals surface area (Å²) in [6, 6.07) is 1.97. The van der Waals surface area contributed by atoms with Crippen LogP contribution in [-0.2, 0) is 14.2 Å². The molecule has 0 saturated heterocycles. The Kier molecular flexibility index (Phi) is 6.94. The highest BCUT2D eigenvalue weighted by Crippen LogP contribution is 2.35. The first-order valence-electron chi connectivity index (χ1n) is 6.34. The Morgan fingerprint density at radius 2 is 2.24 bits per heavy atom. The molecule has 8 heteroatoms. The van der Waals surface area contributed by atoms with Gasteiger partial charge in [-0.2, -0.15) is 5.26 Å². The molecule has 7 nitrogen and oxygen atoms in total. The van der Waals surface area contributed by atoms with Crippen molar-refractivity contribution < 1.29 is 19.0 Å². The molecule has 116 valence electrons. The van der Waals surface area contributed by atoms with Gasteiger partial charge in [-0.1, -0.05) is 0 Å². The summed E-state index contributed by atoms with van der Waals surface area (Å²) in [5.41, 5.74) is 6.18. The third-order valence-corrected chi connectivity index (χ3v) is 3.77. The van der Waals surface area contributed by atoms with Crippen LogP contribution in [0.3, 0.4) is 0 Å². The number of rotatable bonds is 8. The molecule has 0 aliphatic rings. The van der Waals surface area contributed by atoms with Gasteiger partial charge in [0.05, 0.1) is 25.0 Å². The summed E-state index contributed by atoms with van der Waals surface area (Å²) in [5, 5.41) is 12.6. The molecule has 0 aromatic carbocycles. The Hall–Kier alpha value is -1.82. The van der Waals surface area contributed by atoms with Gasteiger partial charge in [-0.05, 0) is 6.92 Å². The van der Waals surface area contributed by atoms with E-state index in [4.69, 9.17) is 25.2 Å². The molecule has 0 amide bonds. The number of carbonyl (C=O) groups is 1. The summed E-state index contributed by atoms with van der Waals surface area (Å²) in [6.07, 6.45) is -0.182. The molecular formula is C13H19N3O4S. The van der Waals surface area contributed by atoms with Gasteiger partial charge in [-0.15, -0.1) is 11.3 Å². The summed E-state index contributed by atoms with van der Waals surface area (Å²) in [7, 11) is 3.15. The van der Waals surface area contributed by atoms with E-state index in [2.05, 4.69) is 5.32 Å². The molecule has 0 saturated carbocycles. The normalized spacial score (nSPS) is 11.7. The number of thiophene rings is 1. The van der Waals surface area contributed by atoms with Crippen molar-refractivity contribution in [2.75, 3.05) is 45.0 Å². The molecule has 0 spiro atoms. The second-order valence-corrected chi connectivity index (χ2v) is 5.10. The van der Waals surface area contributed by atoms with Crippen molar-refractivity contribution in [2.24, 2.45) is 0 Å². The molecule has 1 atom stereocenters. The third kappa shape index (κ3) is 4.32. The van der Waals surface area contributed by atoms with Crippen LogP contribution in [-0.4, -0.2) is 46.1 Å². The van der Waals surface area contributed by atoms with E-state index >= 15 is 0 Å². The lowest BCUT2D eigenvalue weighted by Crippen LogP contribution is -2.26. The van der Waals surface area contributed by atoms with Gasteiger partial charge in [-0.25, -0.2) is 4.79 Å². The first kappa shape index (κ1) is 17.2. The van der Waals surface area contributed by atoms with E-state index in [1.165, 1.54) is 0 Å². The zero-order valence-corrected chi connectivity index (χ0v) is 13.1. The number of carbonyl (C=O) groups excluding carboxylic acids is 1. The molecule has 0 aliphatic heterocycles. The maximum absolute atomic E-state index is 12.0. The number of hydrogen-bond acceptors (Lipinski definition) is 8. The number of methoxy groups -OCH3 is 2. The van der Waals surface area contributed by atoms with Crippen LogP contribution in [0.15, 0.2) is 0 Å². The predicted molar refractivity (Wildman–Crippen MR) is 80.6 cm³/mol. The minimum atomic E-state index is -0.545. The highest BCUT2D eigenvalue weighted by Gasteiger charge is 2.23. The minimum Gasteiger partial charge on any atom is -0.462 e. The second-order valence-electron chi connectivity index (χ2n) is 4.08. The smallest absolute Gasteiger partial charge is 0.343 e. The number of nitrogens with two attached hydrogens (primary N) is 1. The first-order valence-corrected chi connectivity index (χ1v) is 7.15. The molecule has 1 rings (SSSR count). The van der Waals surface area contributed by atoms with Crippen molar-refractivity contribution in [2.45, 2.75) is 13.0 Å². The van der Waals surface area contributed by atoms with E-state index in [0.29, 0.717) is 18.2 Å². The maximum Gasteiger partial charge on any atom is 0.343 e. The predicted octanol–water partition coefficient (Wildman–Crippen LogP) is 1.45. The van der Waals surface area contributed by atoms with Crippen LogP contribution in [0, 0.1) is 11.3 Å². The van der Waals surface area contributed by atoms with E-state index in [1.54, 1.807) is 21.1 Å². The Labute approximate surface area is 127 Å². The van der Waals surface area contributed by atoms with Crippen LogP contribution in [0.1, 0.15) is 22.2 Å². The van der Waals surface area contributed by atoms with Crippen molar-refractivity contribution in [3.05, 3.63) is 10.4 Å². The van der Waals surface area contributed by atoms with Crippen LogP contribution in [0.5, 0.6) is 0 Å². The molecular weight excluding hydrogens is 294 g/mol. The quantitative estimate of drug-likeness (QED) is 0.699. The third-order valence-electron chi connectivity index (χ3n) is 2.70. The van der Waals surface area contributed by atoms with Crippen molar-refractivity contribution in [1.29, 1.82) is 5.26 Å². The molecule has 3 N–H and O–H groups in total. The maximum atomic E-state index is 12.0. The molecule has 0 aliphatic carbocycles. The lowest BCUT2D eigenvalue weighted by Gasteiger charge is -2.15. The zero-order valence-electron chi connectivity index (χ0n) is 12.3. The van der Waals surface area contributed by atoms with Crippen molar-refractivity contribution in [1.82, 2.24) is 0 Å². The highest BCUT2D eigenvalue weighted by molar-refractivity contribution is 7.17. The highest BCUT2D eigenvalue weighted by atomic mass is 32.1. The zero-order chi connectivity index (χ0) is 15.8. The number of nitrogens with one attached hydrogen (secondary N) is 1. The molecule has 0 fully saturated rings. The van der Waals surface area contributed by atoms with Crippen LogP contribution in [0.2, 0.25) is 0 Å². The fraction of sp³-hybridized carbons (Fsp3) is 0.538. The molecule has 21 heavy (non-hydrogen) atoms. The Morgan fingerprint density at radius 3 is 2.76 bits per heavy atom. The van der Waals surface area contributed by atoms with E-state index in [-0.39, 0.29) is 28.8 Å². The average molecular weight is 313 g/mol. The van der Waals surface area contributed by atoms with Crippen LogP contribution < -0.4 is 11.1 Å².